The van der Waals surface area contributed by atoms with Gasteiger partial charge in [-0.15, -0.1) is 0 Å². The molecule has 1 heterocycles. The lowest BCUT2D eigenvalue weighted by molar-refractivity contribution is -0.124. The van der Waals surface area contributed by atoms with E-state index in [9.17, 15) is 4.79 Å². The van der Waals surface area contributed by atoms with Gasteiger partial charge in [0.05, 0.1) is 6.20 Å². The third kappa shape index (κ3) is 2.87. The number of hydrogen-bond acceptors (Lipinski definition) is 5. The first kappa shape index (κ1) is 13.4. The number of nitrogens with two attached hydrogens (primary N) is 1. The Morgan fingerprint density at radius 2 is 2.50 bits per heavy atom. The fourth-order valence-electron chi connectivity index (χ4n) is 2.05. The highest BCUT2D eigenvalue weighted by molar-refractivity contribution is 7.99. The van der Waals surface area contributed by atoms with Gasteiger partial charge in [-0.25, -0.2) is 4.98 Å². The van der Waals surface area contributed by atoms with Gasteiger partial charge < -0.3 is 15.5 Å². The largest absolute Gasteiger partial charge is 0.440 e. The number of thioether (sulfide) groups is 1. The van der Waals surface area contributed by atoms with Gasteiger partial charge in [-0.05, 0) is 31.7 Å². The molecule has 5 nitrogen and oxygen atoms in total. The summed E-state index contributed by atoms with van der Waals surface area (Å²) >= 11 is 1.44. The summed E-state index contributed by atoms with van der Waals surface area (Å²) in [7, 11) is 0. The first-order chi connectivity index (χ1) is 8.69. The summed E-state index contributed by atoms with van der Waals surface area (Å²) < 4.78 is 5.19. The van der Waals surface area contributed by atoms with Crippen LogP contribution in [0.2, 0.25) is 0 Å². The van der Waals surface area contributed by atoms with Gasteiger partial charge in [0.25, 0.3) is 5.22 Å². The molecule has 1 aromatic heterocycles. The normalized spacial score (nSPS) is 18.5. The smallest absolute Gasteiger partial charge is 0.255 e. The number of hydrogen-bond donors (Lipinski definition) is 2. The monoisotopic (exact) mass is 269 g/mol. The average Bonchev–Trinajstić information content (AvgIpc) is 3.07. The number of amides is 1. The summed E-state index contributed by atoms with van der Waals surface area (Å²) in [4.78, 5) is 15.9. The molecule has 1 aromatic rings. The van der Waals surface area contributed by atoms with E-state index in [1.165, 1.54) is 18.0 Å². The number of nitrogens with one attached hydrogen (secondary N) is 1. The molecule has 0 spiro atoms. The zero-order valence-corrected chi connectivity index (χ0v) is 11.3. The second-order valence-corrected chi connectivity index (χ2v) is 5.55. The first-order valence-electron chi connectivity index (χ1n) is 6.26. The Morgan fingerprint density at radius 1 is 1.72 bits per heavy atom. The molecule has 1 aliphatic rings. The molecule has 1 fully saturated rings. The Balaban J connectivity index is 2.04. The predicted molar refractivity (Wildman–Crippen MR) is 70.2 cm³/mol. The molecular formula is C12H19N3O2S. The lowest BCUT2D eigenvalue weighted by atomic mass is 9.94. The fraction of sp³-hybridized carbons (Fsp3) is 0.667. The van der Waals surface area contributed by atoms with Crippen molar-refractivity contribution >= 4 is 17.7 Å². The lowest BCUT2D eigenvalue weighted by Gasteiger charge is -2.31. The van der Waals surface area contributed by atoms with Gasteiger partial charge in [0, 0.05) is 5.75 Å². The molecule has 2 rings (SSSR count). The van der Waals surface area contributed by atoms with E-state index in [2.05, 4.69) is 17.2 Å². The van der Waals surface area contributed by atoms with Crippen LogP contribution in [0.4, 0.5) is 0 Å². The number of nitrogens with zero attached hydrogens (tertiary/aromatic N) is 1. The summed E-state index contributed by atoms with van der Waals surface area (Å²) in [6, 6.07) is 0. The van der Waals surface area contributed by atoms with Crippen LogP contribution in [-0.2, 0) is 4.79 Å². The molecule has 1 unspecified atom stereocenters. The standard InChI is InChI=1S/C12H19N3O2S/c1-2-5-15-12(10(13)16,9-3-4-9)8-18-11-14-6-7-17-11/h6-7,9,15H,2-5,8H2,1H3,(H2,13,16). The Bertz CT molecular complexity index is 392. The first-order valence-corrected chi connectivity index (χ1v) is 7.25. The quantitative estimate of drug-likeness (QED) is 0.697. The maximum absolute atomic E-state index is 11.9. The molecule has 6 heteroatoms. The van der Waals surface area contributed by atoms with E-state index >= 15 is 0 Å². The van der Waals surface area contributed by atoms with Gasteiger partial charge in [0.15, 0.2) is 0 Å². The number of oxazole rings is 1. The summed E-state index contributed by atoms with van der Waals surface area (Å²) in [6.45, 7) is 2.87. The Kier molecular flexibility index (Phi) is 4.29. The summed E-state index contributed by atoms with van der Waals surface area (Å²) in [5.74, 6) is 0.662. The Morgan fingerprint density at radius 3 is 3.00 bits per heavy atom. The van der Waals surface area contributed by atoms with Crippen LogP contribution in [0.1, 0.15) is 26.2 Å². The minimum atomic E-state index is -0.616. The van der Waals surface area contributed by atoms with Crippen LogP contribution in [0, 0.1) is 5.92 Å². The molecule has 100 valence electrons. The zero-order valence-electron chi connectivity index (χ0n) is 10.5. The molecule has 0 aromatic carbocycles. The minimum absolute atomic E-state index is 0.266. The molecule has 1 amide bonds. The van der Waals surface area contributed by atoms with Crippen LogP contribution in [0.15, 0.2) is 22.1 Å². The molecule has 0 saturated heterocycles. The van der Waals surface area contributed by atoms with Crippen molar-refractivity contribution in [3.8, 4) is 0 Å². The molecule has 0 radical (unpaired) electrons. The van der Waals surface area contributed by atoms with Crippen LogP contribution in [0.25, 0.3) is 0 Å². The number of primary amides is 1. The third-order valence-corrected chi connectivity index (χ3v) is 4.29. The predicted octanol–water partition coefficient (Wildman–Crippen LogP) is 1.40. The van der Waals surface area contributed by atoms with Crippen molar-refractivity contribution in [2.45, 2.75) is 36.9 Å². The zero-order chi connectivity index (χ0) is 13.0. The molecule has 3 N–H and O–H groups in total. The van der Waals surface area contributed by atoms with E-state index in [0.29, 0.717) is 16.9 Å². The van der Waals surface area contributed by atoms with E-state index in [1.807, 2.05) is 0 Å². The van der Waals surface area contributed by atoms with Gasteiger partial charge in [-0.2, -0.15) is 0 Å². The molecule has 0 aliphatic heterocycles. The van der Waals surface area contributed by atoms with E-state index in [1.54, 1.807) is 6.20 Å². The van der Waals surface area contributed by atoms with Crippen LogP contribution in [0.5, 0.6) is 0 Å². The highest BCUT2D eigenvalue weighted by Crippen LogP contribution is 2.42. The van der Waals surface area contributed by atoms with Crippen LogP contribution >= 0.6 is 11.8 Å². The minimum Gasteiger partial charge on any atom is -0.440 e. The van der Waals surface area contributed by atoms with Crippen molar-refractivity contribution in [3.05, 3.63) is 12.5 Å². The Hall–Kier alpha value is -1.01. The second-order valence-electron chi connectivity index (χ2n) is 4.62. The summed E-state index contributed by atoms with van der Waals surface area (Å²) in [5, 5.41) is 3.92. The lowest BCUT2D eigenvalue weighted by Crippen LogP contribution is -2.59. The van der Waals surface area contributed by atoms with Gasteiger partial charge >= 0.3 is 0 Å². The molecular weight excluding hydrogens is 250 g/mol. The molecule has 1 atom stereocenters. The van der Waals surface area contributed by atoms with Crippen molar-refractivity contribution < 1.29 is 9.21 Å². The molecule has 0 bridgehead atoms. The van der Waals surface area contributed by atoms with Crippen LogP contribution in [-0.4, -0.2) is 28.7 Å². The van der Waals surface area contributed by atoms with Crippen molar-refractivity contribution in [2.24, 2.45) is 11.7 Å². The molecule has 1 aliphatic carbocycles. The maximum Gasteiger partial charge on any atom is 0.255 e. The maximum atomic E-state index is 11.9. The summed E-state index contributed by atoms with van der Waals surface area (Å²) in [6.07, 6.45) is 6.23. The van der Waals surface area contributed by atoms with Crippen LogP contribution in [0.3, 0.4) is 0 Å². The number of rotatable bonds is 8. The third-order valence-electron chi connectivity index (χ3n) is 3.24. The number of carbonyl (C=O) groups excluding carboxylic acids is 1. The average molecular weight is 269 g/mol. The van der Waals surface area contributed by atoms with E-state index in [-0.39, 0.29) is 5.91 Å². The van der Waals surface area contributed by atoms with E-state index in [4.69, 9.17) is 10.2 Å². The van der Waals surface area contributed by atoms with Gasteiger partial charge in [0.2, 0.25) is 5.91 Å². The van der Waals surface area contributed by atoms with E-state index in [0.717, 1.165) is 25.8 Å². The highest BCUT2D eigenvalue weighted by Gasteiger charge is 2.49. The number of carbonyl (C=O) groups is 1. The highest BCUT2D eigenvalue weighted by atomic mass is 32.2. The number of aromatic nitrogens is 1. The second kappa shape index (κ2) is 5.75. The van der Waals surface area contributed by atoms with Gasteiger partial charge in [-0.3, -0.25) is 4.79 Å². The van der Waals surface area contributed by atoms with E-state index < -0.39 is 5.54 Å². The van der Waals surface area contributed by atoms with Gasteiger partial charge in [0.1, 0.15) is 11.8 Å². The Labute approximate surface area is 111 Å². The SMILES string of the molecule is CCCNC(CSc1ncco1)(C(N)=O)C1CC1. The van der Waals surface area contributed by atoms with Crippen molar-refractivity contribution in [2.75, 3.05) is 12.3 Å². The van der Waals surface area contributed by atoms with Crippen molar-refractivity contribution in [3.63, 3.8) is 0 Å². The molecule has 1 saturated carbocycles. The van der Waals surface area contributed by atoms with Crippen molar-refractivity contribution in [1.29, 1.82) is 0 Å². The van der Waals surface area contributed by atoms with Gasteiger partial charge in [-0.1, -0.05) is 18.7 Å². The molecule has 18 heavy (non-hydrogen) atoms. The van der Waals surface area contributed by atoms with Crippen molar-refractivity contribution in [1.82, 2.24) is 10.3 Å². The topological polar surface area (TPSA) is 81.2 Å². The summed E-state index contributed by atoms with van der Waals surface area (Å²) in [5.41, 5.74) is 5.01. The van der Waals surface area contributed by atoms with Crippen LogP contribution < -0.4 is 11.1 Å². The fourth-order valence-corrected chi connectivity index (χ4v) is 3.14.